The first kappa shape index (κ1) is 16.9. The number of methoxy groups -OCH3 is 1. The second-order valence-corrected chi connectivity index (χ2v) is 6.31. The second kappa shape index (κ2) is 7.56. The van der Waals surface area contributed by atoms with Crippen LogP contribution in [0.2, 0.25) is 0 Å². The smallest absolute Gasteiger partial charge is 0.212 e. The minimum Gasteiger partial charge on any atom is -0.494 e. The van der Waals surface area contributed by atoms with Crippen molar-refractivity contribution in [3.05, 3.63) is 29.6 Å². The van der Waals surface area contributed by atoms with Gasteiger partial charge in [0.05, 0.1) is 12.9 Å². The molecule has 0 bridgehead atoms. The lowest BCUT2D eigenvalue weighted by Gasteiger charge is -2.15. The summed E-state index contributed by atoms with van der Waals surface area (Å²) in [5.74, 6) is -0.251. The second-order valence-electron chi connectivity index (χ2n) is 4.39. The lowest BCUT2D eigenvalue weighted by atomic mass is 10.1. The Hall–Kier alpha value is -1.18. The van der Waals surface area contributed by atoms with Crippen molar-refractivity contribution in [3.63, 3.8) is 0 Å². The topological polar surface area (TPSA) is 67.4 Å². The monoisotopic (exact) mass is 304 g/mol. The molecule has 0 fully saturated rings. The van der Waals surface area contributed by atoms with Crippen molar-refractivity contribution >= 4 is 10.0 Å². The molecule has 1 rings (SSSR count). The quantitative estimate of drug-likeness (QED) is 0.762. The zero-order valence-electron chi connectivity index (χ0n) is 11.9. The highest BCUT2D eigenvalue weighted by Crippen LogP contribution is 2.21. The Labute approximate surface area is 119 Å². The van der Waals surface area contributed by atoms with Crippen molar-refractivity contribution in [2.24, 2.45) is 0 Å². The zero-order chi connectivity index (χ0) is 15.2. The van der Waals surface area contributed by atoms with Gasteiger partial charge in [0.15, 0.2) is 11.6 Å². The maximum atomic E-state index is 13.6. The molecule has 5 nitrogen and oxygen atoms in total. The SMILES string of the molecule is CCNS(=O)(=O)CCNC(C)c1ccc(OC)c(F)c1. The maximum Gasteiger partial charge on any atom is 0.212 e. The summed E-state index contributed by atoms with van der Waals surface area (Å²) < 4.78 is 43.7. The van der Waals surface area contributed by atoms with Gasteiger partial charge in [-0.25, -0.2) is 17.5 Å². The van der Waals surface area contributed by atoms with E-state index in [0.717, 1.165) is 5.56 Å². The van der Waals surface area contributed by atoms with Gasteiger partial charge in [-0.15, -0.1) is 0 Å². The summed E-state index contributed by atoms with van der Waals surface area (Å²) >= 11 is 0. The molecule has 1 unspecified atom stereocenters. The minimum absolute atomic E-state index is 0.0101. The molecule has 0 saturated carbocycles. The summed E-state index contributed by atoms with van der Waals surface area (Å²) in [6, 6.07) is 4.54. The summed E-state index contributed by atoms with van der Waals surface area (Å²) in [6.45, 7) is 4.25. The van der Waals surface area contributed by atoms with E-state index in [1.54, 1.807) is 19.1 Å². The van der Waals surface area contributed by atoms with Crippen molar-refractivity contribution < 1.29 is 17.5 Å². The average molecular weight is 304 g/mol. The van der Waals surface area contributed by atoms with Crippen molar-refractivity contribution in [1.82, 2.24) is 10.0 Å². The van der Waals surface area contributed by atoms with E-state index in [-0.39, 0.29) is 17.5 Å². The van der Waals surface area contributed by atoms with E-state index in [2.05, 4.69) is 10.0 Å². The molecule has 0 aromatic heterocycles. The number of sulfonamides is 1. The Morgan fingerprint density at radius 3 is 2.65 bits per heavy atom. The van der Waals surface area contributed by atoms with Crippen LogP contribution in [0.5, 0.6) is 5.75 Å². The summed E-state index contributed by atoms with van der Waals surface area (Å²) in [5.41, 5.74) is 0.740. The predicted molar refractivity (Wildman–Crippen MR) is 76.8 cm³/mol. The lowest BCUT2D eigenvalue weighted by molar-refractivity contribution is 0.385. The van der Waals surface area contributed by atoms with E-state index in [1.807, 2.05) is 6.92 Å². The zero-order valence-corrected chi connectivity index (χ0v) is 12.8. The number of ether oxygens (including phenoxy) is 1. The van der Waals surface area contributed by atoms with Crippen LogP contribution in [0, 0.1) is 5.82 Å². The molecule has 1 aromatic carbocycles. The summed E-state index contributed by atoms with van der Waals surface area (Å²) in [6.07, 6.45) is 0. The molecular formula is C13H21FN2O3S. The van der Waals surface area contributed by atoms with Gasteiger partial charge in [-0.1, -0.05) is 13.0 Å². The van der Waals surface area contributed by atoms with Gasteiger partial charge in [0, 0.05) is 19.1 Å². The fourth-order valence-electron chi connectivity index (χ4n) is 1.77. The molecule has 2 N–H and O–H groups in total. The van der Waals surface area contributed by atoms with Crippen molar-refractivity contribution in [2.75, 3.05) is 26.0 Å². The van der Waals surface area contributed by atoms with Crippen LogP contribution in [0.1, 0.15) is 25.5 Å². The van der Waals surface area contributed by atoms with Gasteiger partial charge in [-0.3, -0.25) is 0 Å². The maximum absolute atomic E-state index is 13.6. The Balaban J connectivity index is 2.55. The number of benzene rings is 1. The number of rotatable bonds is 8. The first-order valence-electron chi connectivity index (χ1n) is 6.43. The third-order valence-corrected chi connectivity index (χ3v) is 4.33. The molecule has 7 heteroatoms. The first-order chi connectivity index (χ1) is 9.39. The minimum atomic E-state index is -3.23. The Bertz CT molecular complexity index is 534. The normalized spacial score (nSPS) is 13.2. The Kier molecular flexibility index (Phi) is 6.38. The van der Waals surface area contributed by atoms with Crippen LogP contribution in [0.25, 0.3) is 0 Å². The van der Waals surface area contributed by atoms with E-state index in [4.69, 9.17) is 4.74 Å². The highest BCUT2D eigenvalue weighted by Gasteiger charge is 2.12. The van der Waals surface area contributed by atoms with Crippen molar-refractivity contribution in [2.45, 2.75) is 19.9 Å². The van der Waals surface area contributed by atoms with Crippen molar-refractivity contribution in [1.29, 1.82) is 0 Å². The van der Waals surface area contributed by atoms with Crippen LogP contribution in [0.4, 0.5) is 4.39 Å². The first-order valence-corrected chi connectivity index (χ1v) is 8.09. The number of nitrogens with one attached hydrogen (secondary N) is 2. The third-order valence-electron chi connectivity index (χ3n) is 2.86. The molecule has 114 valence electrons. The van der Waals surface area contributed by atoms with E-state index in [1.165, 1.54) is 13.2 Å². The molecule has 0 spiro atoms. The molecule has 1 atom stereocenters. The van der Waals surface area contributed by atoms with Crippen LogP contribution in [-0.4, -0.2) is 34.4 Å². The predicted octanol–water partition coefficient (Wildman–Crippen LogP) is 1.42. The molecule has 0 aliphatic carbocycles. The van der Waals surface area contributed by atoms with Gasteiger partial charge in [-0.05, 0) is 24.6 Å². The molecule has 0 aliphatic heterocycles. The number of hydrogen-bond acceptors (Lipinski definition) is 4. The van der Waals surface area contributed by atoms with Gasteiger partial charge < -0.3 is 10.1 Å². The number of halogens is 1. The van der Waals surface area contributed by atoms with Gasteiger partial charge in [-0.2, -0.15) is 0 Å². The summed E-state index contributed by atoms with van der Waals surface area (Å²) in [4.78, 5) is 0. The van der Waals surface area contributed by atoms with Gasteiger partial charge in [0.2, 0.25) is 10.0 Å². The van der Waals surface area contributed by atoms with Crippen LogP contribution < -0.4 is 14.8 Å². The Morgan fingerprint density at radius 1 is 1.40 bits per heavy atom. The highest BCUT2D eigenvalue weighted by molar-refractivity contribution is 7.89. The molecule has 20 heavy (non-hydrogen) atoms. The van der Waals surface area contributed by atoms with Gasteiger partial charge in [0.1, 0.15) is 0 Å². The van der Waals surface area contributed by atoms with Gasteiger partial charge in [0.25, 0.3) is 0 Å². The molecule has 1 aromatic rings. The van der Waals surface area contributed by atoms with E-state index >= 15 is 0 Å². The molecule has 0 saturated heterocycles. The fraction of sp³-hybridized carbons (Fsp3) is 0.538. The van der Waals surface area contributed by atoms with Crippen LogP contribution in [0.3, 0.4) is 0 Å². The highest BCUT2D eigenvalue weighted by atomic mass is 32.2. The molecule has 0 heterocycles. The van der Waals surface area contributed by atoms with Gasteiger partial charge >= 0.3 is 0 Å². The molecule has 0 radical (unpaired) electrons. The molecule has 0 amide bonds. The van der Waals surface area contributed by atoms with E-state index in [0.29, 0.717) is 13.1 Å². The van der Waals surface area contributed by atoms with Crippen LogP contribution >= 0.6 is 0 Å². The van der Waals surface area contributed by atoms with Crippen molar-refractivity contribution in [3.8, 4) is 5.75 Å². The standard InChI is InChI=1S/C13H21FN2O3S/c1-4-16-20(17,18)8-7-15-10(2)11-5-6-13(19-3)12(14)9-11/h5-6,9-10,15-16H,4,7-8H2,1-3H3. The molecule has 0 aliphatic rings. The largest absolute Gasteiger partial charge is 0.494 e. The Morgan fingerprint density at radius 2 is 2.10 bits per heavy atom. The number of hydrogen-bond donors (Lipinski definition) is 2. The fourth-order valence-corrected chi connectivity index (χ4v) is 2.74. The van der Waals surface area contributed by atoms with E-state index in [9.17, 15) is 12.8 Å². The summed E-state index contributed by atoms with van der Waals surface area (Å²) in [7, 11) is -1.83. The molecular weight excluding hydrogens is 283 g/mol. The van der Waals surface area contributed by atoms with E-state index < -0.39 is 15.8 Å². The van der Waals surface area contributed by atoms with Crippen LogP contribution in [0.15, 0.2) is 18.2 Å². The lowest BCUT2D eigenvalue weighted by Crippen LogP contribution is -2.32. The van der Waals surface area contributed by atoms with Crippen LogP contribution in [-0.2, 0) is 10.0 Å². The summed E-state index contributed by atoms with van der Waals surface area (Å²) in [5, 5.41) is 3.05. The third kappa shape index (κ3) is 5.07. The average Bonchev–Trinajstić information content (AvgIpc) is 2.38.